The van der Waals surface area contributed by atoms with Crippen molar-refractivity contribution in [3.8, 4) is 0 Å². The molecular formula is C22H21F3O3. The van der Waals surface area contributed by atoms with Gasteiger partial charge in [-0.05, 0) is 34.8 Å². The fourth-order valence-corrected chi connectivity index (χ4v) is 2.41. The van der Waals surface area contributed by atoms with E-state index in [1.54, 1.807) is 12.1 Å². The highest BCUT2D eigenvalue weighted by Crippen LogP contribution is 2.29. The summed E-state index contributed by atoms with van der Waals surface area (Å²) in [5.41, 5.74) is 0.850. The van der Waals surface area contributed by atoms with Crippen molar-refractivity contribution < 1.29 is 27.5 Å². The van der Waals surface area contributed by atoms with Gasteiger partial charge >= 0.3 is 12.1 Å². The van der Waals surface area contributed by atoms with Gasteiger partial charge in [0.15, 0.2) is 12.4 Å². The van der Waals surface area contributed by atoms with Crippen LogP contribution in [0, 0.1) is 0 Å². The molecule has 0 aliphatic heterocycles. The van der Waals surface area contributed by atoms with E-state index < -0.39 is 24.3 Å². The number of alkyl halides is 3. The Morgan fingerprint density at radius 1 is 0.964 bits per heavy atom. The van der Waals surface area contributed by atoms with E-state index in [1.807, 2.05) is 12.1 Å². The Morgan fingerprint density at radius 3 is 2.18 bits per heavy atom. The largest absolute Gasteiger partial charge is 0.454 e. The number of esters is 1. The lowest BCUT2D eigenvalue weighted by Crippen LogP contribution is -2.14. The van der Waals surface area contributed by atoms with Crippen LogP contribution in [0.25, 0.3) is 6.08 Å². The SMILES string of the molecule is CC(C)(C)c1ccc(C(=O)COC(=O)/C=C/c2cccc(C(F)(F)F)c2)cc1. The zero-order chi connectivity index (χ0) is 20.9. The summed E-state index contributed by atoms with van der Waals surface area (Å²) >= 11 is 0. The van der Waals surface area contributed by atoms with Gasteiger partial charge in [0.25, 0.3) is 0 Å². The molecule has 2 rings (SSSR count). The Morgan fingerprint density at radius 2 is 1.61 bits per heavy atom. The molecule has 0 saturated carbocycles. The highest BCUT2D eigenvalue weighted by Gasteiger charge is 2.30. The molecule has 0 atom stereocenters. The van der Waals surface area contributed by atoms with Crippen molar-refractivity contribution in [2.75, 3.05) is 6.61 Å². The molecule has 0 saturated heterocycles. The summed E-state index contributed by atoms with van der Waals surface area (Å²) in [5, 5.41) is 0. The molecule has 0 bridgehead atoms. The molecule has 0 fully saturated rings. The fraction of sp³-hybridized carbons (Fsp3) is 0.273. The van der Waals surface area contributed by atoms with Crippen molar-refractivity contribution >= 4 is 17.8 Å². The molecule has 0 aromatic heterocycles. The molecule has 3 nitrogen and oxygen atoms in total. The monoisotopic (exact) mass is 390 g/mol. The molecular weight excluding hydrogens is 369 g/mol. The molecule has 0 spiro atoms. The van der Waals surface area contributed by atoms with Crippen molar-refractivity contribution in [3.05, 3.63) is 76.9 Å². The highest BCUT2D eigenvalue weighted by atomic mass is 19.4. The van der Waals surface area contributed by atoms with Gasteiger partial charge in [-0.3, -0.25) is 4.79 Å². The number of carbonyl (C=O) groups is 2. The summed E-state index contributed by atoms with van der Waals surface area (Å²) in [6.07, 6.45) is -2.26. The first-order chi connectivity index (χ1) is 13.0. The average molecular weight is 390 g/mol. The van der Waals surface area contributed by atoms with Gasteiger partial charge in [0.2, 0.25) is 0 Å². The predicted octanol–water partition coefficient (Wildman–Crippen LogP) is 5.44. The minimum Gasteiger partial charge on any atom is -0.454 e. The second-order valence-corrected chi connectivity index (χ2v) is 7.31. The third-order valence-corrected chi connectivity index (χ3v) is 4.04. The minimum absolute atomic E-state index is 0.0394. The Kier molecular flexibility index (Phi) is 6.44. The van der Waals surface area contributed by atoms with Gasteiger partial charge in [-0.15, -0.1) is 0 Å². The maximum atomic E-state index is 12.7. The van der Waals surface area contributed by atoms with E-state index in [0.717, 1.165) is 23.8 Å². The van der Waals surface area contributed by atoms with Gasteiger partial charge in [-0.1, -0.05) is 57.2 Å². The zero-order valence-electron chi connectivity index (χ0n) is 15.8. The average Bonchev–Trinajstić information content (AvgIpc) is 2.63. The number of hydrogen-bond donors (Lipinski definition) is 0. The third kappa shape index (κ3) is 6.08. The molecule has 148 valence electrons. The van der Waals surface area contributed by atoms with Crippen LogP contribution in [0.1, 0.15) is 47.8 Å². The van der Waals surface area contributed by atoms with Crippen LogP contribution in [-0.2, 0) is 21.1 Å². The number of ether oxygens (including phenoxy) is 1. The molecule has 0 unspecified atom stereocenters. The molecule has 0 radical (unpaired) electrons. The Hall–Kier alpha value is -2.89. The molecule has 0 aliphatic rings. The topological polar surface area (TPSA) is 43.4 Å². The Balaban J connectivity index is 1.93. The van der Waals surface area contributed by atoms with E-state index in [1.165, 1.54) is 18.2 Å². The summed E-state index contributed by atoms with van der Waals surface area (Å²) in [5.74, 6) is -1.17. The Bertz CT molecular complexity index is 873. The molecule has 0 amide bonds. The second kappa shape index (κ2) is 8.42. The van der Waals surface area contributed by atoms with E-state index in [9.17, 15) is 22.8 Å². The van der Waals surface area contributed by atoms with Crippen molar-refractivity contribution in [2.24, 2.45) is 0 Å². The first kappa shape index (κ1) is 21.4. The van der Waals surface area contributed by atoms with Crippen LogP contribution in [0.2, 0.25) is 0 Å². The first-order valence-corrected chi connectivity index (χ1v) is 8.62. The number of Topliss-reactive ketones (excluding diaryl/α,β-unsaturated/α-hetero) is 1. The highest BCUT2D eigenvalue weighted by molar-refractivity contribution is 5.98. The van der Waals surface area contributed by atoms with Crippen LogP contribution in [0.4, 0.5) is 13.2 Å². The summed E-state index contributed by atoms with van der Waals surface area (Å²) < 4.78 is 42.9. The van der Waals surface area contributed by atoms with E-state index in [0.29, 0.717) is 5.56 Å². The smallest absolute Gasteiger partial charge is 0.416 e. The van der Waals surface area contributed by atoms with Gasteiger partial charge in [0, 0.05) is 11.6 Å². The lowest BCUT2D eigenvalue weighted by molar-refractivity contribution is -0.138. The molecule has 0 N–H and O–H groups in total. The second-order valence-electron chi connectivity index (χ2n) is 7.31. The zero-order valence-corrected chi connectivity index (χ0v) is 15.8. The van der Waals surface area contributed by atoms with E-state index in [2.05, 4.69) is 20.8 Å². The van der Waals surface area contributed by atoms with Gasteiger partial charge in [-0.25, -0.2) is 4.79 Å². The van der Waals surface area contributed by atoms with Gasteiger partial charge in [0.1, 0.15) is 0 Å². The molecule has 2 aromatic rings. The maximum absolute atomic E-state index is 12.7. The van der Waals surface area contributed by atoms with E-state index in [4.69, 9.17) is 4.74 Å². The van der Waals surface area contributed by atoms with Gasteiger partial charge < -0.3 is 4.74 Å². The van der Waals surface area contributed by atoms with Gasteiger partial charge in [-0.2, -0.15) is 13.2 Å². The number of ketones is 1. The van der Waals surface area contributed by atoms with E-state index >= 15 is 0 Å². The predicted molar refractivity (Wildman–Crippen MR) is 101 cm³/mol. The lowest BCUT2D eigenvalue weighted by Gasteiger charge is -2.18. The van der Waals surface area contributed by atoms with Crippen molar-refractivity contribution in [1.29, 1.82) is 0 Å². The van der Waals surface area contributed by atoms with Crippen LogP contribution >= 0.6 is 0 Å². The molecule has 0 aliphatic carbocycles. The lowest BCUT2D eigenvalue weighted by atomic mass is 9.86. The van der Waals surface area contributed by atoms with Gasteiger partial charge in [0.05, 0.1) is 5.56 Å². The number of rotatable bonds is 5. The van der Waals surface area contributed by atoms with Crippen LogP contribution in [0.15, 0.2) is 54.6 Å². The number of hydrogen-bond acceptors (Lipinski definition) is 3. The standard InChI is InChI=1S/C22H21F3O3/c1-21(2,3)17-10-8-16(9-11-17)19(26)14-28-20(27)12-7-15-5-4-6-18(13-15)22(23,24)25/h4-13H,14H2,1-3H3/b12-7+. The molecule has 0 heterocycles. The summed E-state index contributed by atoms with van der Waals surface area (Å²) in [6, 6.07) is 11.6. The molecule has 2 aromatic carbocycles. The van der Waals surface area contributed by atoms with Crippen LogP contribution in [0.3, 0.4) is 0 Å². The normalized spacial score (nSPS) is 12.2. The molecule has 28 heavy (non-hydrogen) atoms. The maximum Gasteiger partial charge on any atom is 0.416 e. The first-order valence-electron chi connectivity index (χ1n) is 8.62. The number of carbonyl (C=O) groups excluding carboxylic acids is 2. The quantitative estimate of drug-likeness (QED) is 0.388. The molecule has 6 heteroatoms. The minimum atomic E-state index is -4.46. The van der Waals surface area contributed by atoms with Crippen LogP contribution in [0.5, 0.6) is 0 Å². The third-order valence-electron chi connectivity index (χ3n) is 4.04. The summed E-state index contributed by atoms with van der Waals surface area (Å²) in [4.78, 5) is 23.8. The summed E-state index contributed by atoms with van der Waals surface area (Å²) in [7, 11) is 0. The van der Waals surface area contributed by atoms with Crippen molar-refractivity contribution in [1.82, 2.24) is 0 Å². The summed E-state index contributed by atoms with van der Waals surface area (Å²) in [6.45, 7) is 5.73. The number of benzene rings is 2. The van der Waals surface area contributed by atoms with Crippen LogP contribution < -0.4 is 0 Å². The van der Waals surface area contributed by atoms with Crippen molar-refractivity contribution in [3.63, 3.8) is 0 Å². The fourth-order valence-electron chi connectivity index (χ4n) is 2.41. The van der Waals surface area contributed by atoms with Crippen LogP contribution in [-0.4, -0.2) is 18.4 Å². The van der Waals surface area contributed by atoms with Crippen molar-refractivity contribution in [2.45, 2.75) is 32.4 Å². The Labute approximate surface area is 161 Å². The number of halogens is 3. The van der Waals surface area contributed by atoms with E-state index in [-0.39, 0.29) is 16.8 Å².